The Morgan fingerprint density at radius 2 is 1.64 bits per heavy atom. The molecule has 5 heteroatoms. The summed E-state index contributed by atoms with van der Waals surface area (Å²) in [6.07, 6.45) is -4.76. The molecule has 0 radical (unpaired) electrons. The maximum atomic E-state index is 12.5. The fraction of sp³-hybridized carbons (Fsp3) is 0.333. The highest BCUT2D eigenvalue weighted by molar-refractivity contribution is 5.24. The number of aliphatic hydroxyl groups is 1. The third-order valence-electron chi connectivity index (χ3n) is 2.02. The molecular weight excluding hydrogens is 195 g/mol. The summed E-state index contributed by atoms with van der Waals surface area (Å²) in [5.74, 6) is 0. The number of rotatable bonds is 2. The van der Waals surface area contributed by atoms with Gasteiger partial charge in [0.1, 0.15) is 0 Å². The Labute approximate surface area is 79.2 Å². The van der Waals surface area contributed by atoms with Crippen LogP contribution in [0.2, 0.25) is 0 Å². The minimum Gasteiger partial charge on any atom is -0.375 e. The summed E-state index contributed by atoms with van der Waals surface area (Å²) < 4.78 is 37.4. The van der Waals surface area contributed by atoms with Crippen molar-refractivity contribution in [3.05, 3.63) is 35.9 Å². The molecule has 0 heterocycles. The summed E-state index contributed by atoms with van der Waals surface area (Å²) in [6.45, 7) is -0.888. The molecule has 1 atom stereocenters. The summed E-state index contributed by atoms with van der Waals surface area (Å²) in [5.41, 5.74) is 1.76. The van der Waals surface area contributed by atoms with Gasteiger partial charge in [0, 0.05) is 6.54 Å². The van der Waals surface area contributed by atoms with Gasteiger partial charge in [-0.3, -0.25) is 0 Å². The Balaban J connectivity index is 3.15. The fourth-order valence-electron chi connectivity index (χ4n) is 1.11. The van der Waals surface area contributed by atoms with E-state index >= 15 is 0 Å². The number of halogens is 3. The zero-order valence-corrected chi connectivity index (χ0v) is 7.25. The molecule has 0 amide bonds. The molecule has 1 aromatic rings. The van der Waals surface area contributed by atoms with Gasteiger partial charge in [-0.05, 0) is 5.56 Å². The topological polar surface area (TPSA) is 46.2 Å². The molecule has 0 saturated heterocycles. The van der Waals surface area contributed by atoms with E-state index in [0.717, 1.165) is 0 Å². The molecule has 0 aliphatic carbocycles. The van der Waals surface area contributed by atoms with Gasteiger partial charge in [0.25, 0.3) is 0 Å². The van der Waals surface area contributed by atoms with Crippen molar-refractivity contribution in [3.8, 4) is 0 Å². The van der Waals surface area contributed by atoms with Crippen molar-refractivity contribution < 1.29 is 18.3 Å². The van der Waals surface area contributed by atoms with Crippen molar-refractivity contribution in [1.82, 2.24) is 0 Å². The molecule has 14 heavy (non-hydrogen) atoms. The second-order valence-electron chi connectivity index (χ2n) is 2.93. The summed E-state index contributed by atoms with van der Waals surface area (Å²) in [7, 11) is 0. The molecule has 0 fully saturated rings. The van der Waals surface area contributed by atoms with Crippen molar-refractivity contribution in [2.75, 3.05) is 6.54 Å². The van der Waals surface area contributed by atoms with Gasteiger partial charge in [0.2, 0.25) is 0 Å². The highest BCUT2D eigenvalue weighted by Crippen LogP contribution is 2.37. The maximum absolute atomic E-state index is 12.5. The van der Waals surface area contributed by atoms with Gasteiger partial charge in [-0.1, -0.05) is 30.3 Å². The van der Waals surface area contributed by atoms with Crippen LogP contribution in [0.3, 0.4) is 0 Å². The lowest BCUT2D eigenvalue weighted by molar-refractivity contribution is -0.262. The highest BCUT2D eigenvalue weighted by Gasteiger charge is 2.53. The number of nitrogens with two attached hydrogens (primary N) is 1. The first-order chi connectivity index (χ1) is 6.42. The van der Waals surface area contributed by atoms with E-state index < -0.39 is 18.3 Å². The van der Waals surface area contributed by atoms with Crippen LogP contribution in [0, 0.1) is 0 Å². The van der Waals surface area contributed by atoms with Crippen LogP contribution in [0.1, 0.15) is 5.56 Å². The smallest absolute Gasteiger partial charge is 0.375 e. The molecule has 0 unspecified atom stereocenters. The minimum atomic E-state index is -4.76. The Hall–Kier alpha value is -1.07. The quantitative estimate of drug-likeness (QED) is 0.766. The van der Waals surface area contributed by atoms with E-state index in [4.69, 9.17) is 5.73 Å². The Morgan fingerprint density at radius 1 is 1.14 bits per heavy atom. The SMILES string of the molecule is NC[C@](O)(c1ccccc1)C(F)(F)F. The predicted octanol–water partition coefficient (Wildman–Crippen LogP) is 1.40. The van der Waals surface area contributed by atoms with Gasteiger partial charge in [-0.2, -0.15) is 13.2 Å². The van der Waals surface area contributed by atoms with Crippen LogP contribution in [0.4, 0.5) is 13.2 Å². The van der Waals surface area contributed by atoms with Gasteiger partial charge in [-0.25, -0.2) is 0 Å². The van der Waals surface area contributed by atoms with Gasteiger partial charge in [-0.15, -0.1) is 0 Å². The monoisotopic (exact) mass is 205 g/mol. The second-order valence-corrected chi connectivity index (χ2v) is 2.93. The molecule has 0 bridgehead atoms. The lowest BCUT2D eigenvalue weighted by Crippen LogP contribution is -2.48. The van der Waals surface area contributed by atoms with Gasteiger partial charge in [0.15, 0.2) is 5.60 Å². The standard InChI is InChI=1S/C9H10F3NO/c10-9(11,12)8(14,6-13)7-4-2-1-3-5-7/h1-5,14H,6,13H2/t8-/m0/s1. The van der Waals surface area contributed by atoms with Crippen LogP contribution < -0.4 is 5.73 Å². The average Bonchev–Trinajstić information content (AvgIpc) is 2.16. The van der Waals surface area contributed by atoms with Crippen LogP contribution >= 0.6 is 0 Å². The Morgan fingerprint density at radius 3 is 2.00 bits per heavy atom. The first kappa shape index (κ1) is 11.0. The van der Waals surface area contributed by atoms with Crippen LogP contribution in [-0.2, 0) is 5.60 Å². The lowest BCUT2D eigenvalue weighted by Gasteiger charge is -2.29. The molecule has 0 aliphatic heterocycles. The van der Waals surface area contributed by atoms with E-state index in [1.165, 1.54) is 24.3 Å². The first-order valence-electron chi connectivity index (χ1n) is 3.96. The fourth-order valence-corrected chi connectivity index (χ4v) is 1.11. The number of hydrogen-bond acceptors (Lipinski definition) is 2. The van der Waals surface area contributed by atoms with Crippen molar-refractivity contribution >= 4 is 0 Å². The number of alkyl halides is 3. The van der Waals surface area contributed by atoms with Gasteiger partial charge < -0.3 is 10.8 Å². The minimum absolute atomic E-state index is 0.241. The molecule has 3 N–H and O–H groups in total. The maximum Gasteiger partial charge on any atom is 0.422 e. The molecule has 0 saturated carbocycles. The van der Waals surface area contributed by atoms with Gasteiger partial charge >= 0.3 is 6.18 Å². The molecule has 1 aromatic carbocycles. The van der Waals surface area contributed by atoms with Crippen LogP contribution in [0.25, 0.3) is 0 Å². The third-order valence-corrected chi connectivity index (χ3v) is 2.02. The van der Waals surface area contributed by atoms with Crippen LogP contribution in [-0.4, -0.2) is 17.8 Å². The molecular formula is C9H10F3NO. The Bertz CT molecular complexity index is 299. The highest BCUT2D eigenvalue weighted by atomic mass is 19.4. The first-order valence-corrected chi connectivity index (χ1v) is 3.96. The molecule has 2 nitrogen and oxygen atoms in total. The van der Waals surface area contributed by atoms with E-state index in [0.29, 0.717) is 0 Å². The Kier molecular flexibility index (Phi) is 2.82. The van der Waals surface area contributed by atoms with Crippen molar-refractivity contribution in [2.45, 2.75) is 11.8 Å². The normalized spacial score (nSPS) is 16.4. The number of benzene rings is 1. The van der Waals surface area contributed by atoms with Gasteiger partial charge in [0.05, 0.1) is 0 Å². The molecule has 1 rings (SSSR count). The van der Waals surface area contributed by atoms with E-state index in [9.17, 15) is 18.3 Å². The van der Waals surface area contributed by atoms with Crippen LogP contribution in [0.5, 0.6) is 0 Å². The van der Waals surface area contributed by atoms with Crippen molar-refractivity contribution in [2.24, 2.45) is 5.73 Å². The van der Waals surface area contributed by atoms with E-state index in [2.05, 4.69) is 0 Å². The zero-order valence-electron chi connectivity index (χ0n) is 7.25. The molecule has 0 aliphatic rings. The van der Waals surface area contributed by atoms with Crippen molar-refractivity contribution in [3.63, 3.8) is 0 Å². The summed E-state index contributed by atoms with van der Waals surface area (Å²) >= 11 is 0. The van der Waals surface area contributed by atoms with E-state index in [1.807, 2.05) is 0 Å². The summed E-state index contributed by atoms with van der Waals surface area (Å²) in [4.78, 5) is 0. The van der Waals surface area contributed by atoms with Crippen LogP contribution in [0.15, 0.2) is 30.3 Å². The summed E-state index contributed by atoms with van der Waals surface area (Å²) in [6, 6.07) is 6.79. The largest absolute Gasteiger partial charge is 0.422 e. The molecule has 0 aromatic heterocycles. The average molecular weight is 205 g/mol. The summed E-state index contributed by atoms with van der Waals surface area (Å²) in [5, 5.41) is 9.38. The zero-order chi connectivity index (χ0) is 10.8. The molecule has 78 valence electrons. The van der Waals surface area contributed by atoms with E-state index in [1.54, 1.807) is 6.07 Å². The molecule has 0 spiro atoms. The number of hydrogen-bond donors (Lipinski definition) is 2. The van der Waals surface area contributed by atoms with E-state index in [-0.39, 0.29) is 5.56 Å². The second kappa shape index (κ2) is 3.59. The predicted molar refractivity (Wildman–Crippen MR) is 45.4 cm³/mol. The third kappa shape index (κ3) is 1.73. The van der Waals surface area contributed by atoms with Crippen molar-refractivity contribution in [1.29, 1.82) is 0 Å². The lowest BCUT2D eigenvalue weighted by atomic mass is 9.93.